The quantitative estimate of drug-likeness (QED) is 0.163. The summed E-state index contributed by atoms with van der Waals surface area (Å²) < 4.78 is 2.02. The van der Waals surface area contributed by atoms with Crippen molar-refractivity contribution in [2.24, 2.45) is 0 Å². The zero-order valence-corrected chi connectivity index (χ0v) is 24.0. The number of pyridine rings is 3. The number of hydrogen-bond donors (Lipinski definition) is 3. The van der Waals surface area contributed by atoms with E-state index >= 15 is 0 Å². The Morgan fingerprint density at radius 3 is 2.40 bits per heavy atom. The molecule has 218 valence electrons. The zero-order valence-electron chi connectivity index (χ0n) is 24.0. The molecule has 0 fully saturated rings. The van der Waals surface area contributed by atoms with Crippen molar-refractivity contribution in [3.05, 3.63) is 133 Å². The van der Waals surface area contributed by atoms with E-state index in [1.54, 1.807) is 24.5 Å². The lowest BCUT2D eigenvalue weighted by molar-refractivity contribution is 0.112. The largest absolute Gasteiger partial charge is 0.507 e. The van der Waals surface area contributed by atoms with Crippen LogP contribution in [0.2, 0.25) is 0 Å². The van der Waals surface area contributed by atoms with E-state index in [1.807, 2.05) is 95.6 Å². The second kappa shape index (κ2) is 11.7. The smallest absolute Gasteiger partial charge is 0.165 e. The third-order valence-corrected chi connectivity index (χ3v) is 7.57. The first-order valence-corrected chi connectivity index (χ1v) is 14.3. The first-order chi connectivity index (χ1) is 22.1. The summed E-state index contributed by atoms with van der Waals surface area (Å²) in [5.41, 5.74) is 14.2. The monoisotopic (exact) mass is 589 g/mol. The van der Waals surface area contributed by atoms with E-state index in [9.17, 15) is 9.90 Å². The van der Waals surface area contributed by atoms with E-state index in [4.69, 9.17) is 15.7 Å². The average Bonchev–Trinajstić information content (AvgIpc) is 3.47. The molecule has 9 nitrogen and oxygen atoms in total. The third kappa shape index (κ3) is 5.46. The van der Waals surface area contributed by atoms with E-state index < -0.39 is 0 Å². The van der Waals surface area contributed by atoms with Crippen LogP contribution in [0.4, 0.5) is 11.6 Å². The normalized spacial score (nSPS) is 11.0. The summed E-state index contributed by atoms with van der Waals surface area (Å²) in [5.74, 6) is 1.69. The Morgan fingerprint density at radius 2 is 1.60 bits per heavy atom. The topological polar surface area (TPSA) is 132 Å². The summed E-state index contributed by atoms with van der Waals surface area (Å²) in [6, 6.07) is 34.6. The molecular weight excluding hydrogens is 562 g/mol. The minimum Gasteiger partial charge on any atom is -0.507 e. The maximum absolute atomic E-state index is 11.3. The van der Waals surface area contributed by atoms with Crippen LogP contribution >= 0.6 is 0 Å². The number of aromatic hydroxyl groups is 1. The van der Waals surface area contributed by atoms with Crippen molar-refractivity contribution in [3.8, 4) is 45.2 Å². The number of nitrogen functional groups attached to an aromatic ring is 1. The maximum atomic E-state index is 11.3. The van der Waals surface area contributed by atoms with Crippen LogP contribution in [0, 0.1) is 0 Å². The first-order valence-electron chi connectivity index (χ1n) is 14.3. The number of nitrogens with one attached hydrogen (secondary N) is 1. The third-order valence-electron chi connectivity index (χ3n) is 7.57. The Hall–Kier alpha value is -6.35. The first kappa shape index (κ1) is 27.5. The van der Waals surface area contributed by atoms with Crippen molar-refractivity contribution < 1.29 is 9.90 Å². The lowest BCUT2D eigenvalue weighted by Gasteiger charge is -2.12. The maximum Gasteiger partial charge on any atom is 0.165 e. The molecule has 45 heavy (non-hydrogen) atoms. The number of carbonyl (C=O) groups is 1. The Balaban J connectivity index is 1.20. The van der Waals surface area contributed by atoms with Crippen LogP contribution in [0.15, 0.2) is 122 Å². The number of aldehydes is 1. The molecule has 4 aromatic heterocycles. The molecule has 0 aliphatic rings. The number of nitrogens with zero attached hydrogens (tertiary/aromatic N) is 5. The Labute approximate surface area is 258 Å². The molecule has 0 aliphatic carbocycles. The van der Waals surface area contributed by atoms with Gasteiger partial charge in [-0.1, -0.05) is 48.5 Å². The summed E-state index contributed by atoms with van der Waals surface area (Å²) in [6.07, 6.45) is 4.01. The van der Waals surface area contributed by atoms with Gasteiger partial charge in [-0.05, 0) is 77.4 Å². The van der Waals surface area contributed by atoms with E-state index in [0.717, 1.165) is 44.7 Å². The molecule has 7 rings (SSSR count). The lowest BCUT2D eigenvalue weighted by atomic mass is 10.0. The summed E-state index contributed by atoms with van der Waals surface area (Å²) >= 11 is 0. The van der Waals surface area contributed by atoms with Gasteiger partial charge in [0.1, 0.15) is 22.9 Å². The van der Waals surface area contributed by atoms with Crippen molar-refractivity contribution in [3.63, 3.8) is 0 Å². The van der Waals surface area contributed by atoms with E-state index in [2.05, 4.69) is 15.3 Å². The molecule has 0 spiro atoms. The molecule has 0 radical (unpaired) electrons. The van der Waals surface area contributed by atoms with Crippen LogP contribution in [-0.2, 0) is 6.54 Å². The van der Waals surface area contributed by atoms with Gasteiger partial charge in [0.25, 0.3) is 0 Å². The number of anilines is 2. The summed E-state index contributed by atoms with van der Waals surface area (Å²) in [6.45, 7) is 0.537. The van der Waals surface area contributed by atoms with Gasteiger partial charge in [0.15, 0.2) is 17.8 Å². The number of aromatic nitrogens is 5. The number of hydrogen-bond acceptors (Lipinski definition) is 8. The van der Waals surface area contributed by atoms with Crippen molar-refractivity contribution in [1.29, 1.82) is 0 Å². The van der Waals surface area contributed by atoms with E-state index in [1.165, 1.54) is 6.07 Å². The van der Waals surface area contributed by atoms with Crippen LogP contribution in [0.5, 0.6) is 5.75 Å². The number of rotatable bonds is 8. The standard InChI is InChI=1S/C36H27N7O2/c37-34-29(7-4-17-39-34)35-42-31-14-13-30(24-5-2-1-3-6-24)41-36(31)43(35)28-11-8-23(9-12-28)21-40-33-20-26(16-18-38-33)25-10-15-32(45)27(19-25)22-44/h1-20,22,45H,21H2,(H2,37,39)(H,38,40). The highest BCUT2D eigenvalue weighted by molar-refractivity contribution is 5.85. The van der Waals surface area contributed by atoms with Gasteiger partial charge in [0.2, 0.25) is 0 Å². The van der Waals surface area contributed by atoms with Crippen molar-refractivity contribution >= 4 is 29.1 Å². The van der Waals surface area contributed by atoms with Gasteiger partial charge in [-0.2, -0.15) is 0 Å². The Kier molecular flexibility index (Phi) is 7.17. The van der Waals surface area contributed by atoms with Crippen molar-refractivity contribution in [2.75, 3.05) is 11.1 Å². The van der Waals surface area contributed by atoms with Crippen molar-refractivity contribution in [2.45, 2.75) is 6.54 Å². The second-order valence-corrected chi connectivity index (χ2v) is 10.5. The number of carbonyl (C=O) groups excluding carboxylic acids is 1. The minimum atomic E-state index is -0.0447. The highest BCUT2D eigenvalue weighted by Crippen LogP contribution is 2.32. The number of nitrogens with two attached hydrogens (primary N) is 1. The fourth-order valence-corrected chi connectivity index (χ4v) is 5.25. The van der Waals surface area contributed by atoms with Crippen LogP contribution < -0.4 is 11.1 Å². The molecule has 3 aromatic carbocycles. The van der Waals surface area contributed by atoms with Gasteiger partial charge in [-0.25, -0.2) is 19.9 Å². The molecule has 7 aromatic rings. The van der Waals surface area contributed by atoms with Crippen LogP contribution in [-0.4, -0.2) is 35.9 Å². The number of phenols is 1. The molecule has 9 heteroatoms. The van der Waals surface area contributed by atoms with Gasteiger partial charge < -0.3 is 16.2 Å². The van der Waals surface area contributed by atoms with Crippen LogP contribution in [0.25, 0.3) is 50.6 Å². The number of benzene rings is 3. The highest BCUT2D eigenvalue weighted by Gasteiger charge is 2.19. The molecule has 0 amide bonds. The summed E-state index contributed by atoms with van der Waals surface area (Å²) in [7, 11) is 0. The van der Waals surface area contributed by atoms with Gasteiger partial charge in [-0.15, -0.1) is 0 Å². The molecule has 0 aliphatic heterocycles. The van der Waals surface area contributed by atoms with E-state index in [0.29, 0.717) is 35.9 Å². The van der Waals surface area contributed by atoms with Crippen LogP contribution in [0.3, 0.4) is 0 Å². The van der Waals surface area contributed by atoms with Gasteiger partial charge in [0, 0.05) is 30.2 Å². The predicted octanol–water partition coefficient (Wildman–Crippen LogP) is 6.92. The highest BCUT2D eigenvalue weighted by atomic mass is 16.3. The molecule has 0 saturated carbocycles. The molecular formula is C36H27N7O2. The van der Waals surface area contributed by atoms with E-state index in [-0.39, 0.29) is 11.3 Å². The predicted molar refractivity (Wildman–Crippen MR) is 176 cm³/mol. The number of fused-ring (bicyclic) bond motifs is 1. The molecule has 0 saturated heterocycles. The fraction of sp³-hybridized carbons (Fsp3) is 0.0278. The van der Waals surface area contributed by atoms with Gasteiger partial charge in [-0.3, -0.25) is 9.36 Å². The van der Waals surface area contributed by atoms with Crippen molar-refractivity contribution in [1.82, 2.24) is 24.5 Å². The summed E-state index contributed by atoms with van der Waals surface area (Å²) in [5, 5.41) is 13.2. The molecule has 0 atom stereocenters. The van der Waals surface area contributed by atoms with Gasteiger partial charge in [0.05, 0.1) is 16.8 Å². The average molecular weight is 590 g/mol. The van der Waals surface area contributed by atoms with Crippen LogP contribution in [0.1, 0.15) is 15.9 Å². The van der Waals surface area contributed by atoms with Gasteiger partial charge >= 0.3 is 0 Å². The second-order valence-electron chi connectivity index (χ2n) is 10.5. The fourth-order valence-electron chi connectivity index (χ4n) is 5.25. The molecule has 4 N–H and O–H groups in total. The minimum absolute atomic E-state index is 0.0447. The molecule has 0 bridgehead atoms. The lowest BCUT2D eigenvalue weighted by Crippen LogP contribution is -2.04. The number of imidazole rings is 1. The SMILES string of the molecule is Nc1ncccc1-c1nc2ccc(-c3ccccc3)nc2n1-c1ccc(CNc2cc(-c3ccc(O)c(C=O)c3)ccn2)cc1. The number of phenolic OH excluding ortho intramolecular Hbond substituents is 1. The summed E-state index contributed by atoms with van der Waals surface area (Å²) in [4.78, 5) is 30.0. The zero-order chi connectivity index (χ0) is 30.8. The Morgan fingerprint density at radius 1 is 0.778 bits per heavy atom. The molecule has 0 unspecified atom stereocenters. The Bertz CT molecular complexity index is 2160. The molecule has 4 heterocycles.